The molecule has 2 aliphatic rings. The average molecular weight is 455 g/mol. The van der Waals surface area contributed by atoms with Crippen molar-refractivity contribution < 1.29 is 17.9 Å². The molecule has 31 heavy (non-hydrogen) atoms. The number of alkyl halides is 3. The van der Waals surface area contributed by atoms with Gasteiger partial charge in [0.2, 0.25) is 5.95 Å². The molecule has 1 aromatic heterocycles. The third-order valence-corrected chi connectivity index (χ3v) is 6.91. The van der Waals surface area contributed by atoms with Crippen LogP contribution in [0, 0.1) is 5.41 Å². The van der Waals surface area contributed by atoms with E-state index in [1.165, 1.54) is 28.8 Å². The van der Waals surface area contributed by atoms with E-state index in [-0.39, 0.29) is 45.1 Å². The summed E-state index contributed by atoms with van der Waals surface area (Å²) in [5.74, 6) is 0.588. The summed E-state index contributed by atoms with van der Waals surface area (Å²) in [6.45, 7) is 4.40. The van der Waals surface area contributed by atoms with Crippen molar-refractivity contribution in [1.82, 2.24) is 9.55 Å². The third-order valence-electron chi connectivity index (χ3n) is 6.17. The molecule has 1 spiro atoms. The molecule has 0 amide bonds. The van der Waals surface area contributed by atoms with Gasteiger partial charge in [-0.25, -0.2) is 0 Å². The summed E-state index contributed by atoms with van der Waals surface area (Å²) < 4.78 is 44.9. The molecule has 0 saturated carbocycles. The number of piperidine rings is 1. The van der Waals surface area contributed by atoms with E-state index in [0.717, 1.165) is 39.0 Å². The number of nitrogen functional groups attached to an aromatic ring is 1. The van der Waals surface area contributed by atoms with E-state index in [4.69, 9.17) is 10.5 Å². The Morgan fingerprint density at radius 3 is 2.42 bits per heavy atom. The maximum absolute atomic E-state index is 13.1. The lowest BCUT2D eigenvalue weighted by atomic mass is 9.77. The van der Waals surface area contributed by atoms with Crippen LogP contribution in [0.1, 0.15) is 26.2 Å². The zero-order valence-corrected chi connectivity index (χ0v) is 18.2. The van der Waals surface area contributed by atoms with Gasteiger partial charge in [-0.15, -0.1) is 0 Å². The van der Waals surface area contributed by atoms with Crippen LogP contribution < -0.4 is 16.2 Å². The molecule has 2 aliphatic heterocycles. The van der Waals surface area contributed by atoms with Crippen LogP contribution in [0.2, 0.25) is 0 Å². The number of hydrogen-bond donors (Lipinski definition) is 1. The minimum atomic E-state index is -4.37. The highest BCUT2D eigenvalue weighted by atomic mass is 32.2. The van der Waals surface area contributed by atoms with Crippen molar-refractivity contribution in [3.05, 3.63) is 34.6 Å². The lowest BCUT2D eigenvalue weighted by Crippen LogP contribution is -2.43. The highest BCUT2D eigenvalue weighted by molar-refractivity contribution is 8.00. The predicted octanol–water partition coefficient (Wildman–Crippen LogP) is 4.04. The standard InChI is InChI=1S/C21H25F3N4O2S/c1-13-11-20(12-30-13)7-9-28(10-8-20)19-26-17(25)16(18(29)27(19)2)14-3-5-15(6-4-14)31-21(22,23)24/h3-6,13H,7-12,25H2,1-2H3/t13-/m0/s1. The Balaban J connectivity index is 1.57. The van der Waals surface area contributed by atoms with Crippen LogP contribution >= 0.6 is 11.8 Å². The van der Waals surface area contributed by atoms with E-state index in [9.17, 15) is 18.0 Å². The smallest absolute Gasteiger partial charge is 0.383 e. The molecule has 0 radical (unpaired) electrons. The second kappa shape index (κ2) is 8.05. The van der Waals surface area contributed by atoms with Crippen LogP contribution in [-0.2, 0) is 11.8 Å². The maximum Gasteiger partial charge on any atom is 0.446 e. The van der Waals surface area contributed by atoms with Crippen LogP contribution in [0.15, 0.2) is 34.0 Å². The minimum Gasteiger partial charge on any atom is -0.383 e. The number of ether oxygens (including phenoxy) is 1. The number of anilines is 2. The molecule has 6 nitrogen and oxygen atoms in total. The lowest BCUT2D eigenvalue weighted by Gasteiger charge is -2.39. The number of thioether (sulfide) groups is 1. The van der Waals surface area contributed by atoms with Gasteiger partial charge in [0.25, 0.3) is 5.56 Å². The van der Waals surface area contributed by atoms with E-state index in [1.807, 2.05) is 0 Å². The van der Waals surface area contributed by atoms with E-state index < -0.39 is 5.51 Å². The number of nitrogens with two attached hydrogens (primary N) is 1. The van der Waals surface area contributed by atoms with E-state index in [1.54, 1.807) is 7.05 Å². The van der Waals surface area contributed by atoms with E-state index in [0.29, 0.717) is 11.5 Å². The van der Waals surface area contributed by atoms with Gasteiger partial charge in [0.15, 0.2) is 0 Å². The Morgan fingerprint density at radius 1 is 1.23 bits per heavy atom. The normalized spacial score (nSPS) is 21.1. The van der Waals surface area contributed by atoms with E-state index in [2.05, 4.69) is 16.8 Å². The molecule has 0 aliphatic carbocycles. The van der Waals surface area contributed by atoms with Gasteiger partial charge in [-0.3, -0.25) is 9.36 Å². The quantitative estimate of drug-likeness (QED) is 0.706. The van der Waals surface area contributed by atoms with Crippen LogP contribution in [-0.4, -0.2) is 40.9 Å². The fourth-order valence-electron chi connectivity index (χ4n) is 4.56. The first kappa shape index (κ1) is 22.0. The molecule has 2 N–H and O–H groups in total. The van der Waals surface area contributed by atoms with E-state index >= 15 is 0 Å². The van der Waals surface area contributed by atoms with Crippen LogP contribution in [0.5, 0.6) is 0 Å². The van der Waals surface area contributed by atoms with Crippen molar-refractivity contribution in [3.63, 3.8) is 0 Å². The number of rotatable bonds is 3. The first-order valence-corrected chi connectivity index (χ1v) is 11.0. The zero-order valence-electron chi connectivity index (χ0n) is 17.4. The summed E-state index contributed by atoms with van der Waals surface area (Å²) in [5, 5.41) is 0. The number of benzene rings is 1. The molecular weight excluding hydrogens is 429 g/mol. The number of hydrogen-bond acceptors (Lipinski definition) is 6. The summed E-state index contributed by atoms with van der Waals surface area (Å²) in [6.07, 6.45) is 3.27. The Labute approximate surface area is 182 Å². The molecule has 4 rings (SSSR count). The van der Waals surface area contributed by atoms with Crippen LogP contribution in [0.25, 0.3) is 11.1 Å². The van der Waals surface area contributed by atoms with Crippen LogP contribution in [0.3, 0.4) is 0 Å². The highest BCUT2D eigenvalue weighted by Crippen LogP contribution is 2.42. The van der Waals surface area contributed by atoms with Gasteiger partial charge in [-0.2, -0.15) is 18.2 Å². The molecule has 0 bridgehead atoms. The molecule has 168 valence electrons. The number of nitrogens with zero attached hydrogens (tertiary/aromatic N) is 3. The highest BCUT2D eigenvalue weighted by Gasteiger charge is 2.41. The van der Waals surface area contributed by atoms with Crippen molar-refractivity contribution in [2.24, 2.45) is 12.5 Å². The second-order valence-electron chi connectivity index (χ2n) is 8.42. The molecule has 10 heteroatoms. The average Bonchev–Trinajstić information content (AvgIpc) is 3.06. The lowest BCUT2D eigenvalue weighted by molar-refractivity contribution is -0.0328. The van der Waals surface area contributed by atoms with Crippen LogP contribution in [0.4, 0.5) is 24.9 Å². The largest absolute Gasteiger partial charge is 0.446 e. The number of aromatic nitrogens is 2. The van der Waals surface area contributed by atoms with Crippen molar-refractivity contribution in [3.8, 4) is 11.1 Å². The van der Waals surface area contributed by atoms with Gasteiger partial charge in [-0.05, 0) is 61.1 Å². The van der Waals surface area contributed by atoms with Gasteiger partial charge in [0, 0.05) is 25.0 Å². The molecule has 2 aromatic rings. The van der Waals surface area contributed by atoms with Crippen molar-refractivity contribution in [2.45, 2.75) is 42.7 Å². The fourth-order valence-corrected chi connectivity index (χ4v) is 5.10. The first-order valence-electron chi connectivity index (χ1n) is 10.2. The van der Waals surface area contributed by atoms with Gasteiger partial charge >= 0.3 is 5.51 Å². The second-order valence-corrected chi connectivity index (χ2v) is 9.56. The first-order chi connectivity index (χ1) is 14.6. The number of halogens is 3. The predicted molar refractivity (Wildman–Crippen MR) is 115 cm³/mol. The Kier molecular flexibility index (Phi) is 5.72. The molecule has 1 aromatic carbocycles. The summed E-state index contributed by atoms with van der Waals surface area (Å²) in [7, 11) is 1.65. The monoisotopic (exact) mass is 454 g/mol. The molecule has 1 atom stereocenters. The van der Waals surface area contributed by atoms with Crippen molar-refractivity contribution in [1.29, 1.82) is 0 Å². The van der Waals surface area contributed by atoms with Crippen molar-refractivity contribution >= 4 is 23.5 Å². The molecule has 2 saturated heterocycles. The molecule has 3 heterocycles. The SMILES string of the molecule is C[C@H]1CC2(CCN(c3nc(N)c(-c4ccc(SC(F)(F)F)cc4)c(=O)n3C)CC2)CO1. The topological polar surface area (TPSA) is 73.4 Å². The Bertz CT molecular complexity index is 1020. The summed E-state index contributed by atoms with van der Waals surface area (Å²) in [5.41, 5.74) is 2.30. The van der Waals surface area contributed by atoms with Gasteiger partial charge in [0.05, 0.1) is 18.3 Å². The molecule has 0 unspecified atom stereocenters. The van der Waals surface area contributed by atoms with Crippen molar-refractivity contribution in [2.75, 3.05) is 30.3 Å². The summed E-state index contributed by atoms with van der Waals surface area (Å²) in [4.78, 5) is 19.7. The summed E-state index contributed by atoms with van der Waals surface area (Å²) >= 11 is -0.200. The minimum absolute atomic E-state index is 0.0451. The van der Waals surface area contributed by atoms with Gasteiger partial charge < -0.3 is 15.4 Å². The molecular formula is C21H25F3N4O2S. The summed E-state index contributed by atoms with van der Waals surface area (Å²) in [6, 6.07) is 5.59. The maximum atomic E-state index is 13.1. The van der Waals surface area contributed by atoms with Gasteiger partial charge in [0.1, 0.15) is 5.82 Å². The fraction of sp³-hybridized carbons (Fsp3) is 0.524. The van der Waals surface area contributed by atoms with Gasteiger partial charge in [-0.1, -0.05) is 12.1 Å². The zero-order chi connectivity index (χ0) is 22.4. The Hall–Kier alpha value is -2.20. The Morgan fingerprint density at radius 2 is 1.87 bits per heavy atom. The molecule has 2 fully saturated rings. The third kappa shape index (κ3) is 4.55.